The monoisotopic (exact) mass is 432 g/mol. The largest absolute Gasteiger partial charge is 0.322 e. The molecular weight excluding hydrogens is 404 g/mol. The molecule has 0 radical (unpaired) electrons. The fourth-order valence-electron chi connectivity index (χ4n) is 5.00. The molecule has 2 saturated heterocycles. The fourth-order valence-corrected chi connectivity index (χ4v) is 5.00. The molecule has 7 nitrogen and oxygen atoms in total. The number of carbonyl (C=O) groups is 3. The molecule has 0 aliphatic carbocycles. The molecule has 2 fully saturated rings. The maximum Gasteiger partial charge on any atom is 0.255 e. The fraction of sp³-hybridized carbons (Fsp3) is 0.400. The van der Waals surface area contributed by atoms with Gasteiger partial charge < -0.3 is 15.5 Å². The number of benzene rings is 2. The number of nitrogens with zero attached hydrogens (tertiary/aromatic N) is 1. The van der Waals surface area contributed by atoms with E-state index in [4.69, 9.17) is 0 Å². The first-order valence-corrected chi connectivity index (χ1v) is 11.4. The molecule has 3 heterocycles. The molecule has 32 heavy (non-hydrogen) atoms. The highest BCUT2D eigenvalue weighted by Crippen LogP contribution is 2.30. The van der Waals surface area contributed by atoms with E-state index in [0.29, 0.717) is 31.0 Å². The zero-order valence-electron chi connectivity index (χ0n) is 18.0. The van der Waals surface area contributed by atoms with Crippen molar-refractivity contribution in [1.29, 1.82) is 0 Å². The standard InChI is InChI=1S/C25H28N4O3/c30-23-9-8-22(24(31)28-23)29-15-21-19(2-1-3-20(21)25(29)32)14-27-12-16-4-6-17(7-5-16)18-10-11-26-13-18/h1-7,18,22,26-27H,8-15H2,(H,28,30,31). The summed E-state index contributed by atoms with van der Waals surface area (Å²) in [5.74, 6) is -0.158. The average Bonchev–Trinajstić information content (AvgIpc) is 3.44. The maximum atomic E-state index is 12.9. The van der Waals surface area contributed by atoms with Crippen LogP contribution in [0.25, 0.3) is 0 Å². The molecule has 3 aliphatic heterocycles. The number of hydrogen-bond donors (Lipinski definition) is 3. The Hall–Kier alpha value is -3.03. The topological polar surface area (TPSA) is 90.5 Å². The van der Waals surface area contributed by atoms with Crippen LogP contribution in [-0.2, 0) is 29.2 Å². The van der Waals surface area contributed by atoms with Crippen LogP contribution in [-0.4, -0.2) is 41.8 Å². The van der Waals surface area contributed by atoms with Crippen LogP contribution in [0.1, 0.15) is 57.8 Å². The smallest absolute Gasteiger partial charge is 0.255 e. The van der Waals surface area contributed by atoms with Crippen molar-refractivity contribution >= 4 is 17.7 Å². The summed E-state index contributed by atoms with van der Waals surface area (Å²) < 4.78 is 0. The van der Waals surface area contributed by atoms with Gasteiger partial charge in [-0.3, -0.25) is 19.7 Å². The number of imide groups is 1. The average molecular weight is 433 g/mol. The highest BCUT2D eigenvalue weighted by atomic mass is 16.2. The predicted octanol–water partition coefficient (Wildman–Crippen LogP) is 1.81. The SMILES string of the molecule is O=C1CCC(N2Cc3c(CNCc4ccc(C5CCNC5)cc4)cccc3C2=O)C(=O)N1. The van der Waals surface area contributed by atoms with Crippen molar-refractivity contribution in [2.75, 3.05) is 13.1 Å². The third kappa shape index (κ3) is 4.06. The molecule has 3 N–H and O–H groups in total. The summed E-state index contributed by atoms with van der Waals surface area (Å²) >= 11 is 0. The van der Waals surface area contributed by atoms with Crippen molar-refractivity contribution in [3.8, 4) is 0 Å². The first kappa shape index (κ1) is 20.8. The molecule has 2 unspecified atom stereocenters. The van der Waals surface area contributed by atoms with Gasteiger partial charge in [0.1, 0.15) is 6.04 Å². The van der Waals surface area contributed by atoms with Crippen LogP contribution in [0.3, 0.4) is 0 Å². The zero-order valence-corrected chi connectivity index (χ0v) is 18.0. The number of nitrogens with one attached hydrogen (secondary N) is 3. The second-order valence-electron chi connectivity index (χ2n) is 8.88. The molecule has 0 bridgehead atoms. The molecule has 0 aromatic heterocycles. The molecule has 2 aromatic rings. The van der Waals surface area contributed by atoms with E-state index in [-0.39, 0.29) is 24.1 Å². The lowest BCUT2D eigenvalue weighted by molar-refractivity contribution is -0.136. The van der Waals surface area contributed by atoms with E-state index < -0.39 is 6.04 Å². The number of hydrogen-bond acceptors (Lipinski definition) is 5. The number of amides is 3. The van der Waals surface area contributed by atoms with Gasteiger partial charge >= 0.3 is 0 Å². The first-order valence-electron chi connectivity index (χ1n) is 11.4. The third-order valence-electron chi connectivity index (χ3n) is 6.84. The van der Waals surface area contributed by atoms with Crippen LogP contribution < -0.4 is 16.0 Å². The van der Waals surface area contributed by atoms with E-state index in [0.717, 1.165) is 30.8 Å². The molecule has 0 saturated carbocycles. The number of piperidine rings is 1. The molecule has 2 atom stereocenters. The zero-order chi connectivity index (χ0) is 22.1. The summed E-state index contributed by atoms with van der Waals surface area (Å²) in [6.07, 6.45) is 1.84. The van der Waals surface area contributed by atoms with Gasteiger partial charge in [-0.05, 0) is 53.6 Å². The molecular formula is C25H28N4O3. The molecule has 0 spiro atoms. The van der Waals surface area contributed by atoms with Gasteiger partial charge in [-0.1, -0.05) is 36.4 Å². The Balaban J connectivity index is 1.22. The van der Waals surface area contributed by atoms with Gasteiger partial charge in [0.05, 0.1) is 0 Å². The number of fused-ring (bicyclic) bond motifs is 1. The van der Waals surface area contributed by atoms with Gasteiger partial charge in [-0.15, -0.1) is 0 Å². The van der Waals surface area contributed by atoms with Gasteiger partial charge in [0.15, 0.2) is 0 Å². The lowest BCUT2D eigenvalue weighted by atomic mass is 9.97. The van der Waals surface area contributed by atoms with Gasteiger partial charge in [0.25, 0.3) is 5.91 Å². The van der Waals surface area contributed by atoms with Gasteiger partial charge in [0.2, 0.25) is 11.8 Å². The molecule has 3 amide bonds. The first-order chi connectivity index (χ1) is 15.6. The molecule has 166 valence electrons. The van der Waals surface area contributed by atoms with E-state index in [9.17, 15) is 14.4 Å². The van der Waals surface area contributed by atoms with Crippen molar-refractivity contribution in [3.63, 3.8) is 0 Å². The lowest BCUT2D eigenvalue weighted by Crippen LogP contribution is -2.52. The van der Waals surface area contributed by atoms with Crippen LogP contribution in [0.5, 0.6) is 0 Å². The van der Waals surface area contributed by atoms with Crippen LogP contribution in [0.4, 0.5) is 0 Å². The summed E-state index contributed by atoms with van der Waals surface area (Å²) in [5, 5.41) is 9.26. The van der Waals surface area contributed by atoms with E-state index >= 15 is 0 Å². The molecule has 2 aromatic carbocycles. The van der Waals surface area contributed by atoms with Gasteiger partial charge in [0, 0.05) is 38.2 Å². The Morgan fingerprint density at radius 3 is 2.59 bits per heavy atom. The van der Waals surface area contributed by atoms with Crippen molar-refractivity contribution in [2.24, 2.45) is 0 Å². The highest BCUT2D eigenvalue weighted by Gasteiger charge is 2.39. The lowest BCUT2D eigenvalue weighted by Gasteiger charge is -2.29. The molecule has 7 heteroatoms. The predicted molar refractivity (Wildman–Crippen MR) is 120 cm³/mol. The Morgan fingerprint density at radius 2 is 1.84 bits per heavy atom. The number of carbonyl (C=O) groups excluding carboxylic acids is 3. The van der Waals surface area contributed by atoms with Crippen molar-refractivity contribution in [1.82, 2.24) is 20.9 Å². The van der Waals surface area contributed by atoms with Crippen molar-refractivity contribution in [3.05, 3.63) is 70.3 Å². The van der Waals surface area contributed by atoms with Crippen LogP contribution in [0, 0.1) is 0 Å². The van der Waals surface area contributed by atoms with Crippen LogP contribution >= 0.6 is 0 Å². The Bertz CT molecular complexity index is 1040. The number of rotatable bonds is 6. The van der Waals surface area contributed by atoms with E-state index in [2.05, 4.69) is 40.2 Å². The van der Waals surface area contributed by atoms with E-state index in [1.807, 2.05) is 18.2 Å². The minimum Gasteiger partial charge on any atom is -0.322 e. The van der Waals surface area contributed by atoms with Crippen LogP contribution in [0.15, 0.2) is 42.5 Å². The summed E-state index contributed by atoms with van der Waals surface area (Å²) in [5.41, 5.74) is 5.32. The Morgan fingerprint density at radius 1 is 1.00 bits per heavy atom. The Labute approximate surface area is 187 Å². The summed E-state index contributed by atoms with van der Waals surface area (Å²) in [6.45, 7) is 3.96. The molecule has 5 rings (SSSR count). The highest BCUT2D eigenvalue weighted by molar-refractivity contribution is 6.05. The normalized spacial score (nSPS) is 22.9. The maximum absolute atomic E-state index is 12.9. The van der Waals surface area contributed by atoms with E-state index in [1.54, 1.807) is 4.90 Å². The summed E-state index contributed by atoms with van der Waals surface area (Å²) in [6, 6.07) is 14.0. The molecule has 3 aliphatic rings. The minimum atomic E-state index is -0.581. The van der Waals surface area contributed by atoms with Crippen molar-refractivity contribution in [2.45, 2.75) is 50.9 Å². The second kappa shape index (κ2) is 8.84. The second-order valence-corrected chi connectivity index (χ2v) is 8.88. The van der Waals surface area contributed by atoms with Crippen molar-refractivity contribution < 1.29 is 14.4 Å². The van der Waals surface area contributed by atoms with Gasteiger partial charge in [-0.2, -0.15) is 0 Å². The van der Waals surface area contributed by atoms with E-state index in [1.165, 1.54) is 17.5 Å². The van der Waals surface area contributed by atoms with Crippen LogP contribution in [0.2, 0.25) is 0 Å². The quantitative estimate of drug-likeness (QED) is 0.606. The summed E-state index contributed by atoms with van der Waals surface area (Å²) in [4.78, 5) is 38.3. The Kier molecular flexibility index (Phi) is 5.76. The minimum absolute atomic E-state index is 0.131. The summed E-state index contributed by atoms with van der Waals surface area (Å²) in [7, 11) is 0. The van der Waals surface area contributed by atoms with Gasteiger partial charge in [-0.25, -0.2) is 0 Å². The third-order valence-corrected chi connectivity index (χ3v) is 6.84.